The van der Waals surface area contributed by atoms with E-state index in [-0.39, 0.29) is 23.9 Å². The number of hydrogen-bond acceptors (Lipinski definition) is 12. The van der Waals surface area contributed by atoms with Gasteiger partial charge >= 0.3 is 11.9 Å². The molecule has 0 aromatic heterocycles. The molecule has 6 rings (SSSR count). The minimum absolute atomic E-state index is 0.0409. The lowest BCUT2D eigenvalue weighted by Crippen LogP contribution is -2.53. The Bertz CT molecular complexity index is 2320. The Morgan fingerprint density at radius 2 is 0.985 bits per heavy atom. The Morgan fingerprint density at radius 1 is 0.522 bits per heavy atom. The average Bonchev–Trinajstić information content (AvgIpc) is 3.34. The predicted molar refractivity (Wildman–Crippen MR) is 255 cm³/mol. The van der Waals surface area contributed by atoms with Crippen LogP contribution in [0.1, 0.15) is 77.4 Å². The molecular formula is C53H72N2O12+2. The molecule has 2 heterocycles. The Hall–Kier alpha value is -5.86. The maximum Gasteiger partial charge on any atom is 0.311 e. The van der Waals surface area contributed by atoms with E-state index < -0.39 is 0 Å². The van der Waals surface area contributed by atoms with E-state index in [1.807, 2.05) is 24.3 Å². The van der Waals surface area contributed by atoms with Gasteiger partial charge in [-0.3, -0.25) is 9.59 Å². The number of hydrogen-bond donors (Lipinski definition) is 0. The van der Waals surface area contributed by atoms with Crippen molar-refractivity contribution in [3.05, 3.63) is 94.0 Å². The second kappa shape index (κ2) is 23.2. The van der Waals surface area contributed by atoms with Crippen molar-refractivity contribution in [2.45, 2.75) is 69.9 Å². The van der Waals surface area contributed by atoms with Crippen LogP contribution in [0.4, 0.5) is 0 Å². The molecule has 0 N–H and O–H groups in total. The van der Waals surface area contributed by atoms with Gasteiger partial charge in [-0.25, -0.2) is 0 Å². The SMILES string of the molecule is COc1ccc(C[C@H]2C[N@@+](C)(CCC(=O)OCCCCCOC(=O)CC[N@@+]3(C)CCc4cc(OC)c(OC)cc4[C@H]3Cc3ccc(OC)c(OC)c3)Cc3cc(OC)c(OC)cc32)cc1OC. The highest BCUT2D eigenvalue weighted by Gasteiger charge is 2.41. The maximum atomic E-state index is 13.2. The van der Waals surface area contributed by atoms with E-state index in [0.29, 0.717) is 107 Å². The Labute approximate surface area is 397 Å². The van der Waals surface area contributed by atoms with Crippen LogP contribution in [0.3, 0.4) is 0 Å². The van der Waals surface area contributed by atoms with Crippen molar-refractivity contribution >= 4 is 11.9 Å². The van der Waals surface area contributed by atoms with E-state index in [1.165, 1.54) is 22.3 Å². The average molecular weight is 929 g/mol. The first-order chi connectivity index (χ1) is 32.3. The van der Waals surface area contributed by atoms with E-state index in [4.69, 9.17) is 47.4 Å². The third-order valence-corrected chi connectivity index (χ3v) is 13.8. The molecule has 4 aromatic rings. The summed E-state index contributed by atoms with van der Waals surface area (Å²) in [6, 6.07) is 20.5. The largest absolute Gasteiger partial charge is 0.493 e. The third kappa shape index (κ3) is 12.4. The zero-order valence-corrected chi connectivity index (χ0v) is 41.3. The lowest BCUT2D eigenvalue weighted by Gasteiger charge is -2.46. The number of carbonyl (C=O) groups is 2. The molecule has 4 aromatic carbocycles. The van der Waals surface area contributed by atoms with Crippen LogP contribution in [0, 0.1) is 0 Å². The van der Waals surface area contributed by atoms with Gasteiger partial charge in [0.05, 0.1) is 123 Å². The summed E-state index contributed by atoms with van der Waals surface area (Å²) in [7, 11) is 17.6. The molecule has 364 valence electrons. The molecule has 0 spiro atoms. The highest BCUT2D eigenvalue weighted by molar-refractivity contribution is 5.69. The molecule has 0 unspecified atom stereocenters. The molecule has 0 amide bonds. The van der Waals surface area contributed by atoms with Crippen molar-refractivity contribution in [1.29, 1.82) is 0 Å². The van der Waals surface area contributed by atoms with Gasteiger partial charge in [0, 0.05) is 29.9 Å². The number of unbranched alkanes of at least 4 members (excludes halogenated alkanes) is 2. The number of nitrogens with zero attached hydrogens (tertiary/aromatic N) is 2. The fraction of sp³-hybridized carbons (Fsp3) is 0.509. The van der Waals surface area contributed by atoms with Crippen molar-refractivity contribution < 1.29 is 65.9 Å². The topological polar surface area (TPSA) is 126 Å². The molecule has 0 aliphatic carbocycles. The third-order valence-electron chi connectivity index (χ3n) is 13.8. The number of benzene rings is 4. The zero-order chi connectivity index (χ0) is 48.1. The number of likely N-dealkylation sites (N-methyl/N-ethyl adjacent to an activating group) is 2. The number of rotatable bonds is 24. The fourth-order valence-corrected chi connectivity index (χ4v) is 9.96. The molecule has 0 saturated carbocycles. The summed E-state index contributed by atoms with van der Waals surface area (Å²) in [5.74, 6) is 5.25. The van der Waals surface area contributed by atoms with Gasteiger partial charge in [0.25, 0.3) is 0 Å². The zero-order valence-electron chi connectivity index (χ0n) is 41.3. The molecule has 0 bridgehead atoms. The van der Waals surface area contributed by atoms with Crippen molar-refractivity contribution in [3.8, 4) is 46.0 Å². The van der Waals surface area contributed by atoms with Crippen LogP contribution in [0.25, 0.3) is 0 Å². The van der Waals surface area contributed by atoms with Crippen LogP contribution in [0.2, 0.25) is 0 Å². The van der Waals surface area contributed by atoms with E-state index in [1.54, 1.807) is 56.9 Å². The quantitative estimate of drug-likeness (QED) is 0.0383. The van der Waals surface area contributed by atoms with Gasteiger partial charge in [0.15, 0.2) is 46.0 Å². The van der Waals surface area contributed by atoms with Crippen molar-refractivity contribution in [3.63, 3.8) is 0 Å². The summed E-state index contributed by atoms with van der Waals surface area (Å²) in [5.41, 5.74) is 7.03. The van der Waals surface area contributed by atoms with Crippen LogP contribution in [0.5, 0.6) is 46.0 Å². The van der Waals surface area contributed by atoms with Gasteiger partial charge in [-0.1, -0.05) is 12.1 Å². The van der Waals surface area contributed by atoms with Crippen molar-refractivity contribution in [2.75, 3.05) is 110 Å². The van der Waals surface area contributed by atoms with Gasteiger partial charge in [-0.2, -0.15) is 0 Å². The van der Waals surface area contributed by atoms with E-state index in [0.717, 1.165) is 56.4 Å². The van der Waals surface area contributed by atoms with E-state index in [2.05, 4.69) is 50.5 Å². The monoisotopic (exact) mass is 929 g/mol. The fourth-order valence-electron chi connectivity index (χ4n) is 9.96. The Balaban J connectivity index is 0.970. The summed E-state index contributed by atoms with van der Waals surface area (Å²) in [4.78, 5) is 26.3. The second-order valence-corrected chi connectivity index (χ2v) is 18.2. The number of quaternary nitrogens is 2. The molecule has 0 fully saturated rings. The number of fused-ring (bicyclic) bond motifs is 2. The minimum atomic E-state index is -0.214. The molecule has 4 atom stereocenters. The number of esters is 2. The van der Waals surface area contributed by atoms with Crippen LogP contribution in [-0.4, -0.2) is 131 Å². The molecule has 0 radical (unpaired) electrons. The molecular weight excluding hydrogens is 857 g/mol. The maximum absolute atomic E-state index is 13.2. The van der Waals surface area contributed by atoms with Crippen LogP contribution < -0.4 is 37.9 Å². The number of methoxy groups -OCH3 is 8. The molecule has 67 heavy (non-hydrogen) atoms. The normalized spacial score (nSPS) is 19.6. The number of ether oxygens (including phenoxy) is 10. The smallest absolute Gasteiger partial charge is 0.311 e. The highest BCUT2D eigenvalue weighted by Crippen LogP contribution is 2.44. The first-order valence-electron chi connectivity index (χ1n) is 23.2. The first-order valence-corrected chi connectivity index (χ1v) is 23.2. The van der Waals surface area contributed by atoms with Gasteiger partial charge in [-0.05, 0) is 96.5 Å². The summed E-state index contributed by atoms with van der Waals surface area (Å²) < 4.78 is 57.8. The summed E-state index contributed by atoms with van der Waals surface area (Å²) >= 11 is 0. The summed E-state index contributed by atoms with van der Waals surface area (Å²) in [5, 5.41) is 0. The Morgan fingerprint density at radius 3 is 1.52 bits per heavy atom. The minimum Gasteiger partial charge on any atom is -0.493 e. The van der Waals surface area contributed by atoms with Crippen LogP contribution >= 0.6 is 0 Å². The van der Waals surface area contributed by atoms with E-state index >= 15 is 0 Å². The summed E-state index contributed by atoms with van der Waals surface area (Å²) in [6.07, 6.45) is 5.10. The predicted octanol–water partition coefficient (Wildman–Crippen LogP) is 8.07. The van der Waals surface area contributed by atoms with Crippen LogP contribution in [0.15, 0.2) is 60.7 Å². The molecule has 0 saturated heterocycles. The van der Waals surface area contributed by atoms with Gasteiger partial charge in [0.2, 0.25) is 0 Å². The summed E-state index contributed by atoms with van der Waals surface area (Å²) in [6.45, 7) is 4.34. The highest BCUT2D eigenvalue weighted by atomic mass is 16.5. The van der Waals surface area contributed by atoms with Gasteiger partial charge in [-0.15, -0.1) is 0 Å². The number of carbonyl (C=O) groups excluding carboxylic acids is 2. The van der Waals surface area contributed by atoms with Gasteiger partial charge in [0.1, 0.15) is 12.6 Å². The van der Waals surface area contributed by atoms with Crippen molar-refractivity contribution in [2.24, 2.45) is 0 Å². The second-order valence-electron chi connectivity index (χ2n) is 18.2. The molecule has 14 heteroatoms. The van der Waals surface area contributed by atoms with E-state index in [9.17, 15) is 9.59 Å². The van der Waals surface area contributed by atoms with Crippen LogP contribution in [-0.2, 0) is 44.9 Å². The van der Waals surface area contributed by atoms with Crippen molar-refractivity contribution in [1.82, 2.24) is 0 Å². The Kier molecular flexibility index (Phi) is 17.5. The molecule has 2 aliphatic heterocycles. The molecule has 2 aliphatic rings. The van der Waals surface area contributed by atoms with Gasteiger partial charge < -0.3 is 56.3 Å². The lowest BCUT2D eigenvalue weighted by atomic mass is 9.83. The standard InChI is InChI=1S/C53H72N2O12/c1-54(34-39(26-36-14-16-44(58-3)46(28-36)60-5)41-32-50(64-9)49(63-8)31-40(41)35-54)21-19-52(56)66-24-12-11-13-25-67-53(57)20-23-55(2)22-18-38-30-48(62-7)51(65-10)33-42(38)43(55)27-37-15-17-45(59-4)47(29-37)61-6/h14-17,28-33,39,43H,11-13,18-27,34-35H2,1-10H3/q+2/t39-,43+,54+,55+/m0/s1. The first kappa shape index (κ1) is 50.6. The molecule has 14 nitrogen and oxygen atoms in total. The lowest BCUT2D eigenvalue weighted by molar-refractivity contribution is -0.940.